The number of nitrogens with one attached hydrogen (secondary N) is 1. The number of carbonyl (C=O) groups is 1. The number of Topliss-reactive ketones (excluding diaryl/α,β-unsaturated/α-hetero) is 1. The van der Waals surface area contributed by atoms with Gasteiger partial charge in [0.2, 0.25) is 0 Å². The molecule has 17 heavy (non-hydrogen) atoms. The van der Waals surface area contributed by atoms with E-state index in [1.54, 1.807) is 0 Å². The van der Waals surface area contributed by atoms with Crippen LogP contribution in [0.2, 0.25) is 0 Å². The third-order valence-corrected chi connectivity index (χ3v) is 4.07. The lowest BCUT2D eigenvalue weighted by Gasteiger charge is -2.27. The fourth-order valence-corrected chi connectivity index (χ4v) is 2.71. The molecule has 1 aliphatic heterocycles. The SMILES string of the molecule is CC1CCNC(CC(=O)c2ccc(I)cc2)C1. The van der Waals surface area contributed by atoms with E-state index >= 15 is 0 Å². The second kappa shape index (κ2) is 5.96. The van der Waals surface area contributed by atoms with E-state index in [9.17, 15) is 4.79 Å². The van der Waals surface area contributed by atoms with Crippen LogP contribution in [-0.4, -0.2) is 18.4 Å². The first-order chi connectivity index (χ1) is 8.15. The van der Waals surface area contributed by atoms with Crippen molar-refractivity contribution in [3.05, 3.63) is 33.4 Å². The molecular weight excluding hydrogens is 325 g/mol. The Labute approximate surface area is 116 Å². The van der Waals surface area contributed by atoms with E-state index in [1.807, 2.05) is 24.3 Å². The highest BCUT2D eigenvalue weighted by atomic mass is 127. The van der Waals surface area contributed by atoms with E-state index in [0.29, 0.717) is 12.5 Å². The minimum Gasteiger partial charge on any atom is -0.314 e. The fourth-order valence-electron chi connectivity index (χ4n) is 2.35. The maximum absolute atomic E-state index is 12.1. The molecule has 0 aromatic heterocycles. The smallest absolute Gasteiger partial charge is 0.164 e. The van der Waals surface area contributed by atoms with Crippen LogP contribution >= 0.6 is 22.6 Å². The maximum atomic E-state index is 12.1. The number of carbonyl (C=O) groups excluding carboxylic acids is 1. The molecule has 1 aromatic carbocycles. The Balaban J connectivity index is 1.94. The molecule has 2 atom stereocenters. The van der Waals surface area contributed by atoms with Crippen molar-refractivity contribution in [3.63, 3.8) is 0 Å². The average Bonchev–Trinajstić information content (AvgIpc) is 2.29. The molecule has 1 aliphatic rings. The van der Waals surface area contributed by atoms with E-state index in [4.69, 9.17) is 0 Å². The Morgan fingerprint density at radius 1 is 1.41 bits per heavy atom. The molecule has 1 fully saturated rings. The molecule has 0 amide bonds. The predicted octanol–water partition coefficient (Wildman–Crippen LogP) is 3.25. The van der Waals surface area contributed by atoms with Crippen LogP contribution < -0.4 is 5.32 Å². The molecule has 2 unspecified atom stereocenters. The Kier molecular flexibility index (Phi) is 4.56. The van der Waals surface area contributed by atoms with Crippen molar-refractivity contribution in [3.8, 4) is 0 Å². The molecule has 92 valence electrons. The maximum Gasteiger partial charge on any atom is 0.164 e. The second-order valence-electron chi connectivity index (χ2n) is 4.91. The summed E-state index contributed by atoms with van der Waals surface area (Å²) < 4.78 is 1.17. The largest absolute Gasteiger partial charge is 0.314 e. The first-order valence-corrected chi connectivity index (χ1v) is 7.25. The number of benzene rings is 1. The second-order valence-corrected chi connectivity index (χ2v) is 6.16. The first kappa shape index (κ1) is 13.0. The van der Waals surface area contributed by atoms with Gasteiger partial charge in [-0.3, -0.25) is 4.79 Å². The molecule has 0 spiro atoms. The van der Waals surface area contributed by atoms with Crippen molar-refractivity contribution in [2.45, 2.75) is 32.2 Å². The molecule has 1 aromatic rings. The lowest BCUT2D eigenvalue weighted by atomic mass is 9.90. The van der Waals surface area contributed by atoms with Gasteiger partial charge in [-0.1, -0.05) is 19.1 Å². The van der Waals surface area contributed by atoms with Crippen molar-refractivity contribution in [2.24, 2.45) is 5.92 Å². The lowest BCUT2D eigenvalue weighted by molar-refractivity contribution is 0.0959. The number of rotatable bonds is 3. The fraction of sp³-hybridized carbons (Fsp3) is 0.500. The minimum absolute atomic E-state index is 0.257. The minimum atomic E-state index is 0.257. The molecule has 2 rings (SSSR count). The zero-order valence-corrected chi connectivity index (χ0v) is 12.2. The summed E-state index contributed by atoms with van der Waals surface area (Å²) in [6, 6.07) is 8.20. The third-order valence-electron chi connectivity index (χ3n) is 3.36. The van der Waals surface area contributed by atoms with Crippen LogP contribution in [0.3, 0.4) is 0 Å². The van der Waals surface area contributed by atoms with Gasteiger partial charge in [0.05, 0.1) is 0 Å². The van der Waals surface area contributed by atoms with Crippen molar-refractivity contribution in [1.82, 2.24) is 5.32 Å². The van der Waals surface area contributed by atoms with Gasteiger partial charge in [-0.15, -0.1) is 0 Å². The highest BCUT2D eigenvalue weighted by Gasteiger charge is 2.21. The summed E-state index contributed by atoms with van der Waals surface area (Å²) in [6.07, 6.45) is 2.98. The average molecular weight is 343 g/mol. The van der Waals surface area contributed by atoms with E-state index in [0.717, 1.165) is 24.4 Å². The van der Waals surface area contributed by atoms with Gasteiger partial charge in [0.1, 0.15) is 0 Å². The highest BCUT2D eigenvalue weighted by molar-refractivity contribution is 14.1. The van der Waals surface area contributed by atoms with E-state index in [1.165, 1.54) is 9.99 Å². The van der Waals surface area contributed by atoms with Crippen LogP contribution in [0.4, 0.5) is 0 Å². The summed E-state index contributed by atoms with van der Waals surface area (Å²) in [5, 5.41) is 3.44. The molecule has 0 aliphatic carbocycles. The van der Waals surface area contributed by atoms with Gasteiger partial charge in [0, 0.05) is 21.6 Å². The number of hydrogen-bond donors (Lipinski definition) is 1. The summed E-state index contributed by atoms with van der Waals surface area (Å²) in [5.41, 5.74) is 0.838. The summed E-state index contributed by atoms with van der Waals surface area (Å²) in [5.74, 6) is 0.999. The van der Waals surface area contributed by atoms with Gasteiger partial charge >= 0.3 is 0 Å². The van der Waals surface area contributed by atoms with Crippen LogP contribution in [0, 0.1) is 9.49 Å². The quantitative estimate of drug-likeness (QED) is 0.674. The molecule has 3 heteroatoms. The van der Waals surface area contributed by atoms with E-state index in [-0.39, 0.29) is 5.78 Å². The molecule has 1 saturated heterocycles. The van der Waals surface area contributed by atoms with Gasteiger partial charge in [-0.05, 0) is 60.0 Å². The molecule has 2 nitrogen and oxygen atoms in total. The number of hydrogen-bond acceptors (Lipinski definition) is 2. The number of piperidine rings is 1. The Morgan fingerprint density at radius 3 is 2.76 bits per heavy atom. The van der Waals surface area contributed by atoms with Crippen LogP contribution in [0.25, 0.3) is 0 Å². The molecule has 0 radical (unpaired) electrons. The monoisotopic (exact) mass is 343 g/mol. The number of ketones is 1. The third kappa shape index (κ3) is 3.78. The zero-order valence-electron chi connectivity index (χ0n) is 10.1. The Bertz CT molecular complexity index is 388. The van der Waals surface area contributed by atoms with Crippen molar-refractivity contribution < 1.29 is 4.79 Å². The summed E-state index contributed by atoms with van der Waals surface area (Å²) >= 11 is 2.25. The molecule has 0 bridgehead atoms. The highest BCUT2D eigenvalue weighted by Crippen LogP contribution is 2.19. The molecule has 0 saturated carbocycles. The summed E-state index contributed by atoms with van der Waals surface area (Å²) in [6.45, 7) is 3.31. The van der Waals surface area contributed by atoms with Gasteiger partial charge in [-0.25, -0.2) is 0 Å². The molecule has 1 heterocycles. The first-order valence-electron chi connectivity index (χ1n) is 6.17. The summed E-state index contributed by atoms with van der Waals surface area (Å²) in [4.78, 5) is 12.1. The standard InChI is InChI=1S/C14H18INO/c1-10-6-7-16-13(8-10)9-14(17)11-2-4-12(15)5-3-11/h2-5,10,13,16H,6-9H2,1H3. The van der Waals surface area contributed by atoms with Crippen LogP contribution in [0.15, 0.2) is 24.3 Å². The van der Waals surface area contributed by atoms with Crippen LogP contribution in [0.1, 0.15) is 36.5 Å². The van der Waals surface area contributed by atoms with Crippen molar-refractivity contribution in [2.75, 3.05) is 6.54 Å². The van der Waals surface area contributed by atoms with Crippen molar-refractivity contribution in [1.29, 1.82) is 0 Å². The van der Waals surface area contributed by atoms with E-state index < -0.39 is 0 Å². The van der Waals surface area contributed by atoms with Crippen molar-refractivity contribution >= 4 is 28.4 Å². The molecular formula is C14H18INO. The normalized spacial score (nSPS) is 24.6. The van der Waals surface area contributed by atoms with Gasteiger partial charge in [0.25, 0.3) is 0 Å². The topological polar surface area (TPSA) is 29.1 Å². The Hall–Kier alpha value is -0.420. The van der Waals surface area contributed by atoms with Crippen LogP contribution in [0.5, 0.6) is 0 Å². The van der Waals surface area contributed by atoms with Crippen LogP contribution in [-0.2, 0) is 0 Å². The van der Waals surface area contributed by atoms with E-state index in [2.05, 4.69) is 34.8 Å². The zero-order chi connectivity index (χ0) is 12.3. The predicted molar refractivity (Wildman–Crippen MR) is 78.3 cm³/mol. The Morgan fingerprint density at radius 2 is 2.12 bits per heavy atom. The molecule has 1 N–H and O–H groups in total. The van der Waals surface area contributed by atoms with Gasteiger partial charge in [-0.2, -0.15) is 0 Å². The lowest BCUT2D eigenvalue weighted by Crippen LogP contribution is -2.38. The van der Waals surface area contributed by atoms with Gasteiger partial charge in [0.15, 0.2) is 5.78 Å². The summed E-state index contributed by atoms with van der Waals surface area (Å²) in [7, 11) is 0. The van der Waals surface area contributed by atoms with Gasteiger partial charge < -0.3 is 5.32 Å². The number of halogens is 1.